The van der Waals surface area contributed by atoms with E-state index < -0.39 is 17.4 Å². The Labute approximate surface area is 171 Å². The normalized spacial score (nSPS) is 22.8. The lowest BCUT2D eigenvalue weighted by molar-refractivity contribution is -0.143. The molecule has 154 valence electrons. The third kappa shape index (κ3) is 9.10. The van der Waals surface area contributed by atoms with Crippen molar-refractivity contribution < 1.29 is 19.4 Å². The van der Waals surface area contributed by atoms with Gasteiger partial charge in [0.15, 0.2) is 0 Å². The summed E-state index contributed by atoms with van der Waals surface area (Å²) in [5.74, 6) is -0.188. The number of allylic oxidation sites excluding steroid dienone is 3. The van der Waals surface area contributed by atoms with Gasteiger partial charge in [-0.05, 0) is 52.9 Å². The summed E-state index contributed by atoms with van der Waals surface area (Å²) in [7, 11) is 3.00. The van der Waals surface area contributed by atoms with Gasteiger partial charge in [-0.2, -0.15) is 0 Å². The first-order chi connectivity index (χ1) is 12.6. The van der Waals surface area contributed by atoms with Crippen molar-refractivity contribution in [2.45, 2.75) is 70.6 Å². The lowest BCUT2D eigenvalue weighted by Crippen LogP contribution is -2.48. The second-order valence-corrected chi connectivity index (χ2v) is 11.0. The van der Waals surface area contributed by atoms with E-state index in [1.165, 1.54) is 10.8 Å². The smallest absolute Gasteiger partial charge is 0.327 e. The summed E-state index contributed by atoms with van der Waals surface area (Å²) in [5.41, 5.74) is -0.509. The number of hydrogen-bond donors (Lipinski definition) is 2. The average Bonchev–Trinajstić information content (AvgIpc) is 2.55. The second kappa shape index (κ2) is 11.1. The maximum absolute atomic E-state index is 12.8. The van der Waals surface area contributed by atoms with Gasteiger partial charge < -0.3 is 15.2 Å². The number of carbonyl (C=O) groups is 2. The van der Waals surface area contributed by atoms with Gasteiger partial charge >= 0.3 is 5.97 Å². The standard InChI is InChI=1S/C20H33NO4S2/c1-15(2)25-14-19(3,4)27-26-13-16(17(22)23)21-18(24)20(5)11-9-7-6-8-10-12-20/h6-7,16H,1,8-14H2,2-5H3,(H,21,24)(H,22,23)/b7-6+. The predicted octanol–water partition coefficient (Wildman–Crippen LogP) is 4.79. The van der Waals surface area contributed by atoms with E-state index in [2.05, 4.69) is 24.0 Å². The minimum atomic E-state index is -0.998. The van der Waals surface area contributed by atoms with Crippen molar-refractivity contribution in [3.8, 4) is 0 Å². The molecule has 1 aliphatic carbocycles. The lowest BCUT2D eigenvalue weighted by Gasteiger charge is -2.30. The van der Waals surface area contributed by atoms with Crippen LogP contribution in [-0.2, 0) is 14.3 Å². The molecule has 0 aromatic heterocycles. The molecule has 0 fully saturated rings. The number of carboxylic acid groups (broad SMARTS) is 1. The Bertz CT molecular complexity index is 562. The van der Waals surface area contributed by atoms with Crippen LogP contribution in [0, 0.1) is 5.41 Å². The highest BCUT2D eigenvalue weighted by atomic mass is 33.1. The number of carbonyl (C=O) groups excluding carboxylic acids is 1. The Morgan fingerprint density at radius 1 is 1.33 bits per heavy atom. The largest absolute Gasteiger partial charge is 0.497 e. The van der Waals surface area contributed by atoms with E-state index in [0.717, 1.165) is 32.1 Å². The molecule has 2 N–H and O–H groups in total. The van der Waals surface area contributed by atoms with Gasteiger partial charge in [-0.3, -0.25) is 4.79 Å². The van der Waals surface area contributed by atoms with Crippen molar-refractivity contribution in [3.63, 3.8) is 0 Å². The number of hydrogen-bond acceptors (Lipinski definition) is 5. The molecule has 0 bridgehead atoms. The van der Waals surface area contributed by atoms with Crippen LogP contribution >= 0.6 is 21.6 Å². The number of amides is 1. The quantitative estimate of drug-likeness (QED) is 0.303. The molecule has 7 heteroatoms. The molecule has 1 amide bonds. The highest BCUT2D eigenvalue weighted by molar-refractivity contribution is 8.77. The molecule has 1 aliphatic rings. The minimum Gasteiger partial charge on any atom is -0.497 e. The van der Waals surface area contributed by atoms with E-state index in [-0.39, 0.29) is 10.7 Å². The third-order valence-corrected chi connectivity index (χ3v) is 7.74. The van der Waals surface area contributed by atoms with Crippen LogP contribution in [0.4, 0.5) is 0 Å². The SMILES string of the molecule is C=C(C)OCC(C)(C)SSCC(NC(=O)C1(C)CC/C=C/CCC1)C(=O)O. The molecule has 0 heterocycles. The van der Waals surface area contributed by atoms with Gasteiger partial charge in [0, 0.05) is 11.2 Å². The van der Waals surface area contributed by atoms with Gasteiger partial charge in [0.2, 0.25) is 5.91 Å². The van der Waals surface area contributed by atoms with Crippen LogP contribution in [0.1, 0.15) is 59.8 Å². The van der Waals surface area contributed by atoms with Crippen molar-refractivity contribution in [1.29, 1.82) is 0 Å². The Kier molecular flexibility index (Phi) is 9.81. The van der Waals surface area contributed by atoms with Crippen LogP contribution < -0.4 is 5.32 Å². The van der Waals surface area contributed by atoms with Crippen LogP contribution in [0.25, 0.3) is 0 Å². The molecule has 2 unspecified atom stereocenters. The van der Waals surface area contributed by atoms with Gasteiger partial charge in [-0.25, -0.2) is 4.79 Å². The Morgan fingerprint density at radius 3 is 2.63 bits per heavy atom. The number of nitrogens with one attached hydrogen (secondary N) is 1. The summed E-state index contributed by atoms with van der Waals surface area (Å²) in [5, 5.41) is 12.3. The number of aliphatic carboxylic acids is 1. The van der Waals surface area contributed by atoms with Crippen LogP contribution in [0.3, 0.4) is 0 Å². The molecule has 0 aromatic carbocycles. The van der Waals surface area contributed by atoms with E-state index in [0.29, 0.717) is 18.1 Å². The topological polar surface area (TPSA) is 75.6 Å². The second-order valence-electron chi connectivity index (χ2n) is 7.95. The summed E-state index contributed by atoms with van der Waals surface area (Å²) in [6.07, 6.45) is 8.56. The Morgan fingerprint density at radius 2 is 2.00 bits per heavy atom. The lowest BCUT2D eigenvalue weighted by atomic mass is 9.78. The molecule has 0 spiro atoms. The van der Waals surface area contributed by atoms with Crippen LogP contribution in [-0.4, -0.2) is 40.1 Å². The first-order valence-electron chi connectivity index (χ1n) is 9.33. The van der Waals surface area contributed by atoms with E-state index in [1.807, 2.05) is 20.8 Å². The fourth-order valence-corrected chi connectivity index (χ4v) is 5.26. The summed E-state index contributed by atoms with van der Waals surface area (Å²) in [6, 6.07) is -0.898. The molecule has 0 aliphatic heterocycles. The number of rotatable bonds is 10. The van der Waals surface area contributed by atoms with Crippen LogP contribution in [0.2, 0.25) is 0 Å². The predicted molar refractivity (Wildman–Crippen MR) is 115 cm³/mol. The summed E-state index contributed by atoms with van der Waals surface area (Å²) in [6.45, 7) is 12.0. The molecule has 2 atom stereocenters. The maximum atomic E-state index is 12.8. The Balaban J connectivity index is 2.57. The summed E-state index contributed by atoms with van der Waals surface area (Å²) < 4.78 is 5.28. The highest BCUT2D eigenvalue weighted by Gasteiger charge is 2.35. The van der Waals surface area contributed by atoms with E-state index in [9.17, 15) is 14.7 Å². The molecule has 0 saturated carbocycles. The molecular formula is C20H33NO4S2. The highest BCUT2D eigenvalue weighted by Crippen LogP contribution is 2.37. The fourth-order valence-electron chi connectivity index (χ4n) is 2.69. The summed E-state index contributed by atoms with van der Waals surface area (Å²) in [4.78, 5) is 24.4. The summed E-state index contributed by atoms with van der Waals surface area (Å²) >= 11 is 0. The molecule has 1 rings (SSSR count). The first-order valence-corrected chi connectivity index (χ1v) is 11.7. The van der Waals surface area contributed by atoms with Gasteiger partial charge in [-0.1, -0.05) is 47.2 Å². The van der Waals surface area contributed by atoms with Crippen molar-refractivity contribution in [1.82, 2.24) is 5.32 Å². The molecule has 0 aromatic rings. The molecule has 27 heavy (non-hydrogen) atoms. The van der Waals surface area contributed by atoms with Crippen molar-refractivity contribution in [2.24, 2.45) is 5.41 Å². The molecule has 0 radical (unpaired) electrons. The van der Waals surface area contributed by atoms with Crippen molar-refractivity contribution in [3.05, 3.63) is 24.5 Å². The van der Waals surface area contributed by atoms with Crippen molar-refractivity contribution in [2.75, 3.05) is 12.4 Å². The minimum absolute atomic E-state index is 0.152. The van der Waals surface area contributed by atoms with Crippen molar-refractivity contribution >= 4 is 33.5 Å². The van der Waals surface area contributed by atoms with E-state index in [4.69, 9.17) is 4.74 Å². The van der Waals surface area contributed by atoms with Gasteiger partial charge in [-0.15, -0.1) is 0 Å². The number of carboxylic acids is 1. The zero-order valence-corrected chi connectivity index (χ0v) is 18.5. The molecular weight excluding hydrogens is 382 g/mol. The van der Waals surface area contributed by atoms with Gasteiger partial charge in [0.05, 0.1) is 10.5 Å². The Hall–Kier alpha value is -1.08. The zero-order valence-electron chi connectivity index (χ0n) is 16.9. The van der Waals surface area contributed by atoms with Gasteiger partial charge in [0.25, 0.3) is 0 Å². The van der Waals surface area contributed by atoms with Crippen LogP contribution in [0.15, 0.2) is 24.5 Å². The van der Waals surface area contributed by atoms with E-state index in [1.54, 1.807) is 17.7 Å². The molecule has 5 nitrogen and oxygen atoms in total. The third-order valence-electron chi connectivity index (χ3n) is 4.47. The zero-order chi connectivity index (χ0) is 20.5. The fraction of sp³-hybridized carbons (Fsp3) is 0.700. The monoisotopic (exact) mass is 415 g/mol. The van der Waals surface area contributed by atoms with Gasteiger partial charge in [0.1, 0.15) is 12.6 Å². The number of ether oxygens (including phenoxy) is 1. The maximum Gasteiger partial charge on any atom is 0.327 e. The van der Waals surface area contributed by atoms with E-state index >= 15 is 0 Å². The average molecular weight is 416 g/mol. The van der Waals surface area contributed by atoms with Crippen LogP contribution in [0.5, 0.6) is 0 Å². The first kappa shape index (κ1) is 24.0. The molecule has 0 saturated heterocycles.